The number of carboxylic acids is 1. The Morgan fingerprint density at radius 2 is 2.14 bits per heavy atom. The van der Waals surface area contributed by atoms with Gasteiger partial charge in [-0.2, -0.15) is 0 Å². The van der Waals surface area contributed by atoms with Gasteiger partial charge in [-0.05, 0) is 19.8 Å². The Hall–Kier alpha value is -1.51. The molecule has 0 saturated carbocycles. The fraction of sp³-hybridized carbons (Fsp3) is 0.615. The van der Waals surface area contributed by atoms with Gasteiger partial charge in [0.15, 0.2) is 0 Å². The summed E-state index contributed by atoms with van der Waals surface area (Å²) < 4.78 is 5.27. The third-order valence-corrected chi connectivity index (χ3v) is 4.90. The fourth-order valence-electron chi connectivity index (χ4n) is 2.36. The van der Waals surface area contributed by atoms with Gasteiger partial charge in [-0.1, -0.05) is 0 Å². The van der Waals surface area contributed by atoms with E-state index in [1.807, 2.05) is 0 Å². The van der Waals surface area contributed by atoms with E-state index in [-0.39, 0.29) is 23.9 Å². The molecule has 0 aliphatic carbocycles. The molecule has 21 heavy (non-hydrogen) atoms. The lowest BCUT2D eigenvalue weighted by Crippen LogP contribution is -2.48. The van der Waals surface area contributed by atoms with Crippen LogP contribution in [0.4, 0.5) is 0 Å². The van der Waals surface area contributed by atoms with Crippen LogP contribution in [0.15, 0.2) is 0 Å². The largest absolute Gasteiger partial charge is 0.477 e. The first kappa shape index (κ1) is 15.9. The van der Waals surface area contributed by atoms with Crippen molar-refractivity contribution in [2.24, 2.45) is 11.1 Å². The Morgan fingerprint density at radius 1 is 1.48 bits per heavy atom. The molecule has 0 aromatic carbocycles. The van der Waals surface area contributed by atoms with E-state index in [4.69, 9.17) is 15.6 Å². The molecule has 0 spiro atoms. The van der Waals surface area contributed by atoms with Crippen molar-refractivity contribution in [2.75, 3.05) is 19.8 Å². The van der Waals surface area contributed by atoms with Gasteiger partial charge in [0.1, 0.15) is 9.88 Å². The minimum atomic E-state index is -0.995. The van der Waals surface area contributed by atoms with Crippen molar-refractivity contribution in [2.45, 2.75) is 26.3 Å². The highest BCUT2D eigenvalue weighted by molar-refractivity contribution is 7.13. The number of amides is 1. The number of aromatic carboxylic acids is 1. The molecule has 1 aromatic rings. The van der Waals surface area contributed by atoms with Gasteiger partial charge in [-0.25, -0.2) is 9.78 Å². The van der Waals surface area contributed by atoms with Crippen LogP contribution in [0.1, 0.15) is 33.2 Å². The number of nitrogens with one attached hydrogen (secondary N) is 1. The lowest BCUT2D eigenvalue weighted by atomic mass is 9.79. The number of hydrogen-bond donors (Lipinski definition) is 3. The van der Waals surface area contributed by atoms with Gasteiger partial charge in [0.05, 0.1) is 17.7 Å². The predicted molar refractivity (Wildman–Crippen MR) is 77.2 cm³/mol. The number of carboxylic acid groups (broad SMARTS) is 1. The summed E-state index contributed by atoms with van der Waals surface area (Å²) in [5.41, 5.74) is 5.65. The first-order valence-electron chi connectivity index (χ1n) is 6.74. The van der Waals surface area contributed by atoms with Crippen molar-refractivity contribution in [3.8, 4) is 0 Å². The Balaban J connectivity index is 2.00. The van der Waals surface area contributed by atoms with Crippen LogP contribution in [0.25, 0.3) is 0 Å². The molecule has 2 heterocycles. The average molecular weight is 313 g/mol. The number of nitrogens with zero attached hydrogens (tertiary/aromatic N) is 1. The quantitative estimate of drug-likeness (QED) is 0.730. The predicted octanol–water partition coefficient (Wildman–Crippen LogP) is 0.521. The standard InChI is InChI=1S/C13H19N3O4S/c1-8-10(11(17)18)21-9(16-8)6-15-12(19)13(7-14)2-4-20-5-3-13/h2-7,14H2,1H3,(H,15,19)(H,17,18). The molecule has 2 rings (SSSR count). The molecule has 1 saturated heterocycles. The summed E-state index contributed by atoms with van der Waals surface area (Å²) in [6, 6.07) is 0. The second kappa shape index (κ2) is 6.50. The van der Waals surface area contributed by atoms with Crippen molar-refractivity contribution in [3.63, 3.8) is 0 Å². The van der Waals surface area contributed by atoms with Gasteiger partial charge in [0, 0.05) is 19.8 Å². The minimum Gasteiger partial charge on any atom is -0.477 e. The Kier molecular flexibility index (Phi) is 4.92. The van der Waals surface area contributed by atoms with E-state index in [1.165, 1.54) is 0 Å². The summed E-state index contributed by atoms with van der Waals surface area (Å²) in [5, 5.41) is 12.4. The van der Waals surface area contributed by atoms with Crippen LogP contribution in [-0.2, 0) is 16.1 Å². The van der Waals surface area contributed by atoms with Gasteiger partial charge < -0.3 is 20.9 Å². The maximum absolute atomic E-state index is 12.4. The van der Waals surface area contributed by atoms with E-state index in [0.29, 0.717) is 36.8 Å². The molecular weight excluding hydrogens is 294 g/mol. The Morgan fingerprint density at radius 3 is 2.67 bits per heavy atom. The van der Waals surface area contributed by atoms with Gasteiger partial charge >= 0.3 is 5.97 Å². The first-order valence-corrected chi connectivity index (χ1v) is 7.56. The molecule has 1 aliphatic heterocycles. The maximum atomic E-state index is 12.4. The third-order valence-electron chi connectivity index (χ3n) is 3.76. The molecular formula is C13H19N3O4S. The number of aromatic nitrogens is 1. The summed E-state index contributed by atoms with van der Waals surface area (Å²) in [6.07, 6.45) is 1.21. The van der Waals surface area contributed by atoms with E-state index in [1.54, 1.807) is 6.92 Å². The van der Waals surface area contributed by atoms with Gasteiger partial charge in [-0.15, -0.1) is 11.3 Å². The van der Waals surface area contributed by atoms with E-state index >= 15 is 0 Å². The maximum Gasteiger partial charge on any atom is 0.347 e. The number of thiazole rings is 1. The van der Waals surface area contributed by atoms with Crippen LogP contribution in [-0.4, -0.2) is 41.7 Å². The number of rotatable bonds is 5. The highest BCUT2D eigenvalue weighted by atomic mass is 32.1. The van der Waals surface area contributed by atoms with E-state index in [9.17, 15) is 9.59 Å². The van der Waals surface area contributed by atoms with Gasteiger partial charge in [0.2, 0.25) is 5.91 Å². The van der Waals surface area contributed by atoms with Gasteiger partial charge in [0.25, 0.3) is 0 Å². The minimum absolute atomic E-state index is 0.113. The number of nitrogens with two attached hydrogens (primary N) is 1. The van der Waals surface area contributed by atoms with Crippen LogP contribution in [0.2, 0.25) is 0 Å². The number of ether oxygens (including phenoxy) is 1. The summed E-state index contributed by atoms with van der Waals surface area (Å²) >= 11 is 1.08. The van der Waals surface area contributed by atoms with Crippen LogP contribution < -0.4 is 11.1 Å². The van der Waals surface area contributed by atoms with Crippen LogP contribution in [0, 0.1) is 12.3 Å². The van der Waals surface area contributed by atoms with Crippen molar-refractivity contribution in [3.05, 3.63) is 15.6 Å². The topological polar surface area (TPSA) is 115 Å². The number of hydrogen-bond acceptors (Lipinski definition) is 6. The van der Waals surface area contributed by atoms with Crippen LogP contribution in [0.5, 0.6) is 0 Å². The highest BCUT2D eigenvalue weighted by Gasteiger charge is 2.38. The van der Waals surface area contributed by atoms with Crippen LogP contribution in [0.3, 0.4) is 0 Å². The monoisotopic (exact) mass is 313 g/mol. The lowest BCUT2D eigenvalue weighted by Gasteiger charge is -2.34. The Bertz CT molecular complexity index is 538. The first-order chi connectivity index (χ1) is 9.98. The van der Waals surface area contributed by atoms with E-state index < -0.39 is 11.4 Å². The molecule has 1 amide bonds. The number of aryl methyl sites for hydroxylation is 1. The summed E-state index contributed by atoms with van der Waals surface area (Å²) in [7, 11) is 0. The van der Waals surface area contributed by atoms with Crippen LogP contribution >= 0.6 is 11.3 Å². The lowest BCUT2D eigenvalue weighted by molar-refractivity contribution is -0.136. The van der Waals surface area contributed by atoms with E-state index in [2.05, 4.69) is 10.3 Å². The number of carbonyl (C=O) groups is 2. The summed E-state index contributed by atoms with van der Waals surface area (Å²) in [4.78, 5) is 27.7. The fourth-order valence-corrected chi connectivity index (χ4v) is 3.20. The molecule has 0 bridgehead atoms. The molecule has 116 valence electrons. The second-order valence-electron chi connectivity index (χ2n) is 5.11. The molecule has 0 radical (unpaired) electrons. The summed E-state index contributed by atoms with van der Waals surface area (Å²) in [6.45, 7) is 3.21. The molecule has 4 N–H and O–H groups in total. The van der Waals surface area contributed by atoms with Crippen molar-refractivity contribution in [1.29, 1.82) is 0 Å². The molecule has 0 atom stereocenters. The third kappa shape index (κ3) is 3.39. The second-order valence-corrected chi connectivity index (χ2v) is 6.19. The van der Waals surface area contributed by atoms with Gasteiger partial charge in [-0.3, -0.25) is 4.79 Å². The smallest absolute Gasteiger partial charge is 0.347 e. The molecule has 1 aromatic heterocycles. The van der Waals surface area contributed by atoms with E-state index in [0.717, 1.165) is 11.3 Å². The summed E-state index contributed by atoms with van der Waals surface area (Å²) in [5.74, 6) is -1.11. The van der Waals surface area contributed by atoms with Crippen molar-refractivity contribution < 1.29 is 19.4 Å². The molecule has 0 unspecified atom stereocenters. The SMILES string of the molecule is Cc1nc(CNC(=O)C2(CN)CCOCC2)sc1C(=O)O. The van der Waals surface area contributed by atoms with Crippen molar-refractivity contribution in [1.82, 2.24) is 10.3 Å². The number of carbonyl (C=O) groups excluding carboxylic acids is 1. The zero-order valence-electron chi connectivity index (χ0n) is 11.8. The molecule has 8 heteroatoms. The normalized spacial score (nSPS) is 17.4. The molecule has 1 aliphatic rings. The molecule has 7 nitrogen and oxygen atoms in total. The zero-order valence-corrected chi connectivity index (χ0v) is 12.7. The molecule has 1 fully saturated rings. The Labute approximate surface area is 126 Å². The average Bonchev–Trinajstić information content (AvgIpc) is 2.86. The highest BCUT2D eigenvalue weighted by Crippen LogP contribution is 2.29. The zero-order chi connectivity index (χ0) is 15.5. The van der Waals surface area contributed by atoms with Crippen molar-refractivity contribution >= 4 is 23.2 Å².